The average molecular weight is 340 g/mol. The summed E-state index contributed by atoms with van der Waals surface area (Å²) in [6, 6.07) is 5.70. The monoisotopic (exact) mass is 340 g/mol. The Morgan fingerprint density at radius 3 is 2.39 bits per heavy atom. The second-order valence-corrected chi connectivity index (χ2v) is 7.95. The van der Waals surface area contributed by atoms with Crippen LogP contribution in [0, 0.1) is 13.8 Å². The van der Waals surface area contributed by atoms with Gasteiger partial charge in [-0.1, -0.05) is 25.5 Å². The maximum atomic E-state index is 12.2. The van der Waals surface area contributed by atoms with Gasteiger partial charge in [0.1, 0.15) is 0 Å². The first-order valence-electron chi connectivity index (χ1n) is 7.95. The van der Waals surface area contributed by atoms with Crippen LogP contribution in [0.3, 0.4) is 0 Å². The largest absolute Gasteiger partial charge is 0.346 e. The van der Waals surface area contributed by atoms with E-state index >= 15 is 0 Å². The van der Waals surface area contributed by atoms with Crippen molar-refractivity contribution >= 4 is 21.6 Å². The molecule has 23 heavy (non-hydrogen) atoms. The van der Waals surface area contributed by atoms with E-state index in [0.29, 0.717) is 12.2 Å². The molecule has 0 unspecified atom stereocenters. The van der Waals surface area contributed by atoms with Crippen molar-refractivity contribution < 1.29 is 13.2 Å². The lowest BCUT2D eigenvalue weighted by Gasteiger charge is -2.25. The molecule has 0 bridgehead atoms. The van der Waals surface area contributed by atoms with E-state index in [0.717, 1.165) is 24.0 Å². The average Bonchev–Trinajstić information content (AvgIpc) is 2.46. The van der Waals surface area contributed by atoms with E-state index in [2.05, 4.69) is 6.92 Å². The molecule has 1 aromatic carbocycles. The molecule has 5 nitrogen and oxygen atoms in total. The quantitative estimate of drug-likeness (QED) is 0.731. The molecule has 0 atom stereocenters. The van der Waals surface area contributed by atoms with Crippen molar-refractivity contribution in [3.8, 4) is 0 Å². The maximum absolute atomic E-state index is 12.2. The van der Waals surface area contributed by atoms with E-state index in [-0.39, 0.29) is 18.9 Å². The first-order valence-corrected chi connectivity index (χ1v) is 9.80. The Morgan fingerprint density at radius 2 is 1.83 bits per heavy atom. The minimum absolute atomic E-state index is 0.0302. The van der Waals surface area contributed by atoms with Crippen LogP contribution in [0.2, 0.25) is 0 Å². The summed E-state index contributed by atoms with van der Waals surface area (Å²) in [4.78, 5) is 13.8. The zero-order valence-electron chi connectivity index (χ0n) is 14.8. The highest BCUT2D eigenvalue weighted by molar-refractivity contribution is 7.92. The van der Waals surface area contributed by atoms with Crippen LogP contribution in [0.15, 0.2) is 18.2 Å². The lowest BCUT2D eigenvalue weighted by atomic mass is 10.1. The summed E-state index contributed by atoms with van der Waals surface area (Å²) in [6.07, 6.45) is 3.34. The molecule has 0 saturated carbocycles. The van der Waals surface area contributed by atoms with Crippen LogP contribution in [-0.2, 0) is 14.8 Å². The van der Waals surface area contributed by atoms with Crippen molar-refractivity contribution in [2.45, 2.75) is 40.0 Å². The normalized spacial score (nSPS) is 11.3. The van der Waals surface area contributed by atoms with Gasteiger partial charge in [0.2, 0.25) is 15.9 Å². The summed E-state index contributed by atoms with van der Waals surface area (Å²) >= 11 is 0. The fourth-order valence-corrected chi connectivity index (χ4v) is 3.34. The number of sulfonamides is 1. The molecule has 6 heteroatoms. The summed E-state index contributed by atoms with van der Waals surface area (Å²) < 4.78 is 25.6. The summed E-state index contributed by atoms with van der Waals surface area (Å²) in [5.41, 5.74) is 2.52. The molecule has 1 aromatic rings. The number of rotatable bonds is 8. The van der Waals surface area contributed by atoms with Gasteiger partial charge in [0, 0.05) is 26.6 Å². The standard InChI is InChI=1S/C17H28N2O3S/c1-6-7-11-18(4)17(20)10-12-19(23(5,21)22)16-13-14(2)8-9-15(16)3/h8-9,13H,6-7,10-12H2,1-5H3. The molecule has 0 radical (unpaired) electrons. The Morgan fingerprint density at radius 1 is 1.17 bits per heavy atom. The van der Waals surface area contributed by atoms with E-state index in [4.69, 9.17) is 0 Å². The highest BCUT2D eigenvalue weighted by Crippen LogP contribution is 2.24. The molecule has 1 rings (SSSR count). The van der Waals surface area contributed by atoms with Gasteiger partial charge in [-0.2, -0.15) is 0 Å². The number of carbonyl (C=O) groups is 1. The van der Waals surface area contributed by atoms with Crippen LogP contribution in [-0.4, -0.2) is 45.6 Å². The van der Waals surface area contributed by atoms with Gasteiger partial charge in [0.05, 0.1) is 11.9 Å². The lowest BCUT2D eigenvalue weighted by molar-refractivity contribution is -0.129. The zero-order valence-corrected chi connectivity index (χ0v) is 15.6. The van der Waals surface area contributed by atoms with E-state index in [1.54, 1.807) is 11.9 Å². The lowest BCUT2D eigenvalue weighted by Crippen LogP contribution is -2.36. The fraction of sp³-hybridized carbons (Fsp3) is 0.588. The second kappa shape index (κ2) is 8.34. The van der Waals surface area contributed by atoms with Gasteiger partial charge < -0.3 is 4.90 Å². The molecule has 0 aliphatic heterocycles. The number of carbonyl (C=O) groups excluding carboxylic acids is 1. The van der Waals surface area contributed by atoms with E-state index in [1.165, 1.54) is 10.6 Å². The number of anilines is 1. The molecular weight excluding hydrogens is 312 g/mol. The van der Waals surface area contributed by atoms with Crippen molar-refractivity contribution in [2.75, 3.05) is 30.7 Å². The minimum atomic E-state index is -3.43. The summed E-state index contributed by atoms with van der Waals surface area (Å²) in [5.74, 6) is -0.0302. The van der Waals surface area contributed by atoms with Crippen LogP contribution in [0.4, 0.5) is 5.69 Å². The molecule has 0 aliphatic carbocycles. The van der Waals surface area contributed by atoms with Crippen molar-refractivity contribution in [1.82, 2.24) is 4.90 Å². The molecular formula is C17H28N2O3S. The van der Waals surface area contributed by atoms with Gasteiger partial charge in [-0.05, 0) is 37.5 Å². The summed E-state index contributed by atoms with van der Waals surface area (Å²) in [6.45, 7) is 6.75. The van der Waals surface area contributed by atoms with Crippen LogP contribution in [0.1, 0.15) is 37.3 Å². The van der Waals surface area contributed by atoms with Gasteiger partial charge in [-0.25, -0.2) is 8.42 Å². The molecule has 0 spiro atoms. The number of nitrogens with zero attached hydrogens (tertiary/aromatic N) is 2. The third-order valence-electron chi connectivity index (χ3n) is 3.84. The predicted molar refractivity (Wildman–Crippen MR) is 95.3 cm³/mol. The van der Waals surface area contributed by atoms with Gasteiger partial charge in [-0.15, -0.1) is 0 Å². The van der Waals surface area contributed by atoms with Crippen molar-refractivity contribution in [2.24, 2.45) is 0 Å². The number of hydrogen-bond donors (Lipinski definition) is 0. The predicted octanol–water partition coefficient (Wildman–Crippen LogP) is 2.72. The topological polar surface area (TPSA) is 57.7 Å². The number of benzene rings is 1. The van der Waals surface area contributed by atoms with Gasteiger partial charge in [0.15, 0.2) is 0 Å². The fourth-order valence-electron chi connectivity index (χ4n) is 2.36. The molecule has 130 valence electrons. The highest BCUT2D eigenvalue weighted by Gasteiger charge is 2.21. The zero-order chi connectivity index (χ0) is 17.6. The number of amides is 1. The summed E-state index contributed by atoms with van der Waals surface area (Å²) in [7, 11) is -1.67. The molecule has 0 saturated heterocycles. The molecule has 0 aliphatic rings. The van der Waals surface area contributed by atoms with Gasteiger partial charge in [-0.3, -0.25) is 9.10 Å². The first kappa shape index (κ1) is 19.5. The Hall–Kier alpha value is -1.56. The van der Waals surface area contributed by atoms with Crippen LogP contribution < -0.4 is 4.31 Å². The molecule has 0 fully saturated rings. The summed E-state index contributed by atoms with van der Waals surface area (Å²) in [5, 5.41) is 0. The van der Waals surface area contributed by atoms with Crippen molar-refractivity contribution in [3.05, 3.63) is 29.3 Å². The number of aryl methyl sites for hydroxylation is 2. The number of unbranched alkanes of at least 4 members (excludes halogenated alkanes) is 1. The van der Waals surface area contributed by atoms with Gasteiger partial charge in [0.25, 0.3) is 0 Å². The van der Waals surface area contributed by atoms with Crippen LogP contribution in [0.25, 0.3) is 0 Å². The third kappa shape index (κ3) is 5.86. The second-order valence-electron chi connectivity index (χ2n) is 6.04. The SMILES string of the molecule is CCCCN(C)C(=O)CCN(c1cc(C)ccc1C)S(C)(=O)=O. The minimum Gasteiger partial charge on any atom is -0.346 e. The Balaban J connectivity index is 2.90. The Bertz CT molecular complexity index is 641. The van der Waals surface area contributed by atoms with Crippen LogP contribution >= 0.6 is 0 Å². The third-order valence-corrected chi connectivity index (χ3v) is 5.02. The van der Waals surface area contributed by atoms with Gasteiger partial charge >= 0.3 is 0 Å². The first-order chi connectivity index (χ1) is 10.7. The molecule has 1 amide bonds. The Labute approximate surface area is 140 Å². The van der Waals surface area contributed by atoms with E-state index in [1.807, 2.05) is 32.0 Å². The Kier molecular flexibility index (Phi) is 7.06. The van der Waals surface area contributed by atoms with Crippen LogP contribution in [0.5, 0.6) is 0 Å². The highest BCUT2D eigenvalue weighted by atomic mass is 32.2. The molecule has 0 N–H and O–H groups in total. The number of hydrogen-bond acceptors (Lipinski definition) is 3. The van der Waals surface area contributed by atoms with E-state index in [9.17, 15) is 13.2 Å². The van der Waals surface area contributed by atoms with E-state index < -0.39 is 10.0 Å². The van der Waals surface area contributed by atoms with Crippen molar-refractivity contribution in [1.29, 1.82) is 0 Å². The maximum Gasteiger partial charge on any atom is 0.232 e. The molecule has 0 aromatic heterocycles. The smallest absolute Gasteiger partial charge is 0.232 e. The van der Waals surface area contributed by atoms with Crippen molar-refractivity contribution in [3.63, 3.8) is 0 Å². The molecule has 0 heterocycles.